The first kappa shape index (κ1) is 20.2. The van der Waals surface area contributed by atoms with Gasteiger partial charge in [0.15, 0.2) is 5.96 Å². The predicted octanol–water partition coefficient (Wildman–Crippen LogP) is 2.70. The third-order valence-electron chi connectivity index (χ3n) is 5.75. The lowest BCUT2D eigenvalue weighted by molar-refractivity contribution is 0.150. The molecule has 0 aliphatic carbocycles. The van der Waals surface area contributed by atoms with E-state index in [0.29, 0.717) is 5.92 Å². The number of hydrogen-bond acceptors (Lipinski definition) is 4. The number of aliphatic imine (C=N–C) groups is 1. The van der Waals surface area contributed by atoms with E-state index in [1.807, 2.05) is 6.07 Å². The summed E-state index contributed by atoms with van der Waals surface area (Å²) in [6, 6.07) is 4.31. The molecule has 2 saturated heterocycles. The van der Waals surface area contributed by atoms with Crippen molar-refractivity contribution in [2.45, 2.75) is 45.1 Å². The highest BCUT2D eigenvalue weighted by molar-refractivity contribution is 5.79. The maximum Gasteiger partial charge on any atom is 0.191 e. The maximum atomic E-state index is 5.75. The van der Waals surface area contributed by atoms with Gasteiger partial charge < -0.3 is 20.0 Å². The van der Waals surface area contributed by atoms with Crippen LogP contribution >= 0.6 is 0 Å². The minimum absolute atomic E-state index is 0.233. The molecule has 2 N–H and O–H groups in total. The molecule has 1 aromatic rings. The third kappa shape index (κ3) is 6.25. The highest BCUT2D eigenvalue weighted by atomic mass is 16.3. The molecule has 2 aliphatic rings. The van der Waals surface area contributed by atoms with Crippen LogP contribution in [0.5, 0.6) is 0 Å². The molecule has 3 heterocycles. The Morgan fingerprint density at radius 2 is 2.07 bits per heavy atom. The van der Waals surface area contributed by atoms with E-state index in [4.69, 9.17) is 9.41 Å². The zero-order chi connectivity index (χ0) is 18.9. The number of rotatable bonds is 7. The average Bonchev–Trinajstić information content (AvgIpc) is 3.21. The standard InChI is InChI=1S/C21H37N5O/c1-3-22-21(23-15-18-9-7-11-25(2)17-18)24-16-19(20-10-8-14-27-20)26-12-5-4-6-13-26/h8,10,14,18-19H,3-7,9,11-13,15-17H2,1-2H3,(H2,22,23,24). The third-order valence-corrected chi connectivity index (χ3v) is 5.75. The topological polar surface area (TPSA) is 56.0 Å². The monoisotopic (exact) mass is 375 g/mol. The second-order valence-corrected chi connectivity index (χ2v) is 8.00. The Morgan fingerprint density at radius 1 is 1.22 bits per heavy atom. The Hall–Kier alpha value is -1.53. The van der Waals surface area contributed by atoms with E-state index in [9.17, 15) is 0 Å². The molecule has 0 bridgehead atoms. The summed E-state index contributed by atoms with van der Waals surface area (Å²) in [5, 5.41) is 6.99. The summed E-state index contributed by atoms with van der Waals surface area (Å²) in [7, 11) is 2.22. The van der Waals surface area contributed by atoms with Crippen LogP contribution in [0.4, 0.5) is 0 Å². The minimum atomic E-state index is 0.233. The molecule has 6 nitrogen and oxygen atoms in total. The first-order valence-electron chi connectivity index (χ1n) is 10.7. The quantitative estimate of drug-likeness (QED) is 0.567. The molecule has 3 rings (SSSR count). The van der Waals surface area contributed by atoms with Gasteiger partial charge >= 0.3 is 0 Å². The van der Waals surface area contributed by atoms with Crippen molar-refractivity contribution in [2.24, 2.45) is 10.9 Å². The van der Waals surface area contributed by atoms with Gasteiger partial charge in [-0.15, -0.1) is 0 Å². The fourth-order valence-corrected chi connectivity index (χ4v) is 4.30. The zero-order valence-electron chi connectivity index (χ0n) is 17.1. The summed E-state index contributed by atoms with van der Waals surface area (Å²) in [6.07, 6.45) is 8.26. The lowest BCUT2D eigenvalue weighted by Crippen LogP contribution is -2.44. The largest absolute Gasteiger partial charge is 0.468 e. The van der Waals surface area contributed by atoms with E-state index in [2.05, 4.69) is 40.5 Å². The van der Waals surface area contributed by atoms with Gasteiger partial charge in [0.1, 0.15) is 5.76 Å². The molecule has 0 radical (unpaired) electrons. The summed E-state index contributed by atoms with van der Waals surface area (Å²) in [5.74, 6) is 2.67. The molecule has 0 saturated carbocycles. The van der Waals surface area contributed by atoms with E-state index in [1.54, 1.807) is 6.26 Å². The lowest BCUT2D eigenvalue weighted by Gasteiger charge is -2.33. The summed E-state index contributed by atoms with van der Waals surface area (Å²) in [5.41, 5.74) is 0. The molecule has 2 fully saturated rings. The van der Waals surface area contributed by atoms with Crippen molar-refractivity contribution in [2.75, 3.05) is 52.9 Å². The molecule has 2 aliphatic heterocycles. The van der Waals surface area contributed by atoms with E-state index in [-0.39, 0.29) is 6.04 Å². The van der Waals surface area contributed by atoms with E-state index >= 15 is 0 Å². The van der Waals surface area contributed by atoms with Crippen molar-refractivity contribution in [3.8, 4) is 0 Å². The zero-order valence-corrected chi connectivity index (χ0v) is 17.1. The Kier molecular flexibility index (Phi) is 8.02. The SMILES string of the molecule is CCNC(=NCC(c1ccco1)N1CCCCC1)NCC1CCCN(C)C1. The van der Waals surface area contributed by atoms with Crippen LogP contribution in [-0.2, 0) is 0 Å². The average molecular weight is 376 g/mol. The highest BCUT2D eigenvalue weighted by Gasteiger charge is 2.24. The number of likely N-dealkylation sites (tertiary alicyclic amines) is 2. The summed E-state index contributed by atoms with van der Waals surface area (Å²) in [4.78, 5) is 9.89. The van der Waals surface area contributed by atoms with Gasteiger partial charge in [0.2, 0.25) is 0 Å². The Bertz CT molecular complexity index is 553. The molecule has 6 heteroatoms. The summed E-state index contributed by atoms with van der Waals surface area (Å²) in [6.45, 7) is 9.41. The number of nitrogens with one attached hydrogen (secondary N) is 2. The van der Waals surface area contributed by atoms with Gasteiger partial charge in [-0.05, 0) is 77.3 Å². The van der Waals surface area contributed by atoms with Crippen LogP contribution in [0.15, 0.2) is 27.8 Å². The number of piperidine rings is 2. The molecule has 152 valence electrons. The van der Waals surface area contributed by atoms with Crippen molar-refractivity contribution in [1.82, 2.24) is 20.4 Å². The number of hydrogen-bond donors (Lipinski definition) is 2. The second-order valence-electron chi connectivity index (χ2n) is 8.00. The second kappa shape index (κ2) is 10.7. The van der Waals surface area contributed by atoms with Crippen molar-refractivity contribution in [1.29, 1.82) is 0 Å². The van der Waals surface area contributed by atoms with Crippen LogP contribution in [0.3, 0.4) is 0 Å². The van der Waals surface area contributed by atoms with Gasteiger partial charge in [-0.3, -0.25) is 9.89 Å². The van der Waals surface area contributed by atoms with E-state index in [0.717, 1.165) is 44.4 Å². The normalized spacial score (nSPS) is 23.9. The molecule has 27 heavy (non-hydrogen) atoms. The number of guanidine groups is 1. The molecular formula is C21H37N5O. The summed E-state index contributed by atoms with van der Waals surface area (Å²) < 4.78 is 5.75. The first-order valence-corrected chi connectivity index (χ1v) is 10.7. The van der Waals surface area contributed by atoms with Crippen molar-refractivity contribution in [3.05, 3.63) is 24.2 Å². The van der Waals surface area contributed by atoms with Crippen LogP contribution < -0.4 is 10.6 Å². The first-order chi connectivity index (χ1) is 13.3. The van der Waals surface area contributed by atoms with E-state index in [1.165, 1.54) is 45.2 Å². The fourth-order valence-electron chi connectivity index (χ4n) is 4.30. The van der Waals surface area contributed by atoms with Crippen LogP contribution in [0.25, 0.3) is 0 Å². The van der Waals surface area contributed by atoms with Crippen molar-refractivity contribution < 1.29 is 4.42 Å². The van der Waals surface area contributed by atoms with Gasteiger partial charge in [-0.1, -0.05) is 6.42 Å². The number of furan rings is 1. The van der Waals surface area contributed by atoms with Crippen LogP contribution in [0, 0.1) is 5.92 Å². The molecule has 0 aromatic carbocycles. The van der Waals surface area contributed by atoms with Crippen LogP contribution in [-0.4, -0.2) is 68.6 Å². The Balaban J connectivity index is 1.60. The highest BCUT2D eigenvalue weighted by Crippen LogP contribution is 2.25. The maximum absolute atomic E-state index is 5.75. The van der Waals surface area contributed by atoms with Crippen LogP contribution in [0.1, 0.15) is 50.8 Å². The van der Waals surface area contributed by atoms with Crippen molar-refractivity contribution >= 4 is 5.96 Å². The number of nitrogens with zero attached hydrogens (tertiary/aromatic N) is 3. The lowest BCUT2D eigenvalue weighted by atomic mass is 9.99. The molecule has 2 unspecified atom stereocenters. The predicted molar refractivity (Wildman–Crippen MR) is 111 cm³/mol. The minimum Gasteiger partial charge on any atom is -0.468 e. The molecular weight excluding hydrogens is 338 g/mol. The van der Waals surface area contributed by atoms with Gasteiger partial charge in [0, 0.05) is 19.6 Å². The van der Waals surface area contributed by atoms with Crippen LogP contribution in [0.2, 0.25) is 0 Å². The fraction of sp³-hybridized carbons (Fsp3) is 0.762. The summed E-state index contributed by atoms with van der Waals surface area (Å²) >= 11 is 0. The van der Waals surface area contributed by atoms with Crippen molar-refractivity contribution in [3.63, 3.8) is 0 Å². The Morgan fingerprint density at radius 3 is 2.78 bits per heavy atom. The van der Waals surface area contributed by atoms with Gasteiger partial charge in [0.25, 0.3) is 0 Å². The molecule has 0 spiro atoms. The smallest absolute Gasteiger partial charge is 0.191 e. The van der Waals surface area contributed by atoms with Gasteiger partial charge in [-0.25, -0.2) is 0 Å². The Labute approximate surface area is 164 Å². The molecule has 2 atom stereocenters. The van der Waals surface area contributed by atoms with Gasteiger partial charge in [-0.2, -0.15) is 0 Å². The molecule has 1 aromatic heterocycles. The van der Waals surface area contributed by atoms with Gasteiger partial charge in [0.05, 0.1) is 18.8 Å². The van der Waals surface area contributed by atoms with E-state index < -0.39 is 0 Å². The molecule has 0 amide bonds.